The molecule has 0 aliphatic carbocycles. The number of hydrogen-bond acceptors (Lipinski definition) is 4. The Labute approximate surface area is 123 Å². The normalized spacial score (nSPS) is 19.2. The van der Waals surface area contributed by atoms with Crippen LogP contribution in [0, 0.1) is 10.7 Å². The summed E-state index contributed by atoms with van der Waals surface area (Å²) < 4.78 is 7.87. The average molecular weight is 298 g/mol. The molecule has 112 valence electrons. The van der Waals surface area contributed by atoms with Gasteiger partial charge in [-0.15, -0.1) is 0 Å². The van der Waals surface area contributed by atoms with Gasteiger partial charge < -0.3 is 14.6 Å². The lowest BCUT2D eigenvalue weighted by Gasteiger charge is -2.21. The molecule has 1 atom stereocenters. The Balaban J connectivity index is 1.85. The quantitative estimate of drug-likeness (QED) is 0.810. The third-order valence-electron chi connectivity index (χ3n) is 3.47. The molecule has 2 rings (SSSR count). The molecule has 0 saturated carbocycles. The molecule has 1 unspecified atom stereocenters. The van der Waals surface area contributed by atoms with Crippen LogP contribution in [0.2, 0.25) is 0 Å². The second-order valence-electron chi connectivity index (χ2n) is 5.40. The van der Waals surface area contributed by atoms with Crippen molar-refractivity contribution in [3.63, 3.8) is 0 Å². The van der Waals surface area contributed by atoms with Gasteiger partial charge in [0.05, 0.1) is 12.5 Å². The number of aromatic nitrogens is 3. The zero-order valence-electron chi connectivity index (χ0n) is 12.0. The minimum atomic E-state index is -0.00867. The third kappa shape index (κ3) is 3.67. The van der Waals surface area contributed by atoms with Crippen molar-refractivity contribution in [3.8, 4) is 0 Å². The maximum atomic E-state index is 12.0. The fourth-order valence-corrected chi connectivity index (χ4v) is 2.60. The minimum absolute atomic E-state index is 0.00867. The Morgan fingerprint density at radius 3 is 3.10 bits per heavy atom. The summed E-state index contributed by atoms with van der Waals surface area (Å²) in [7, 11) is 0. The summed E-state index contributed by atoms with van der Waals surface area (Å²) in [4.78, 5) is 12.0. The van der Waals surface area contributed by atoms with Gasteiger partial charge in [0.15, 0.2) is 4.77 Å². The van der Waals surface area contributed by atoms with Crippen molar-refractivity contribution in [3.05, 3.63) is 10.6 Å². The number of H-pyrrole nitrogens is 1. The van der Waals surface area contributed by atoms with E-state index in [9.17, 15) is 4.79 Å². The molecule has 1 aliphatic heterocycles. The maximum absolute atomic E-state index is 12.0. The summed E-state index contributed by atoms with van der Waals surface area (Å²) in [5.41, 5.74) is 0. The second kappa shape index (κ2) is 6.99. The lowest BCUT2D eigenvalue weighted by molar-refractivity contribution is -0.128. The molecule has 6 nitrogen and oxygen atoms in total. The van der Waals surface area contributed by atoms with E-state index in [2.05, 4.69) is 29.4 Å². The van der Waals surface area contributed by atoms with Crippen LogP contribution in [0.4, 0.5) is 0 Å². The highest BCUT2D eigenvalue weighted by atomic mass is 32.1. The van der Waals surface area contributed by atoms with E-state index in [1.165, 1.54) is 0 Å². The van der Waals surface area contributed by atoms with Crippen molar-refractivity contribution in [1.82, 2.24) is 20.1 Å². The molecule has 1 fully saturated rings. The number of carbonyl (C=O) groups excluding carboxylic acids is 1. The van der Waals surface area contributed by atoms with E-state index in [-0.39, 0.29) is 11.8 Å². The van der Waals surface area contributed by atoms with Gasteiger partial charge in [-0.05, 0) is 25.1 Å². The number of aromatic amines is 1. The zero-order valence-corrected chi connectivity index (χ0v) is 12.8. The Bertz CT molecular complexity index is 503. The minimum Gasteiger partial charge on any atom is -0.381 e. The van der Waals surface area contributed by atoms with Crippen LogP contribution < -0.4 is 5.32 Å². The van der Waals surface area contributed by atoms with E-state index in [1.54, 1.807) is 0 Å². The Morgan fingerprint density at radius 2 is 2.45 bits per heavy atom. The Morgan fingerprint density at radius 1 is 1.65 bits per heavy atom. The molecule has 0 bridgehead atoms. The first-order chi connectivity index (χ1) is 9.59. The molecule has 7 heteroatoms. The van der Waals surface area contributed by atoms with Crippen LogP contribution in [0.5, 0.6) is 0 Å². The van der Waals surface area contributed by atoms with E-state index in [4.69, 9.17) is 17.0 Å². The smallest absolute Gasteiger partial charge is 0.225 e. The predicted octanol–water partition coefficient (Wildman–Crippen LogP) is 1.61. The molecule has 1 amide bonds. The summed E-state index contributed by atoms with van der Waals surface area (Å²) in [6, 6.07) is 0. The van der Waals surface area contributed by atoms with Gasteiger partial charge in [-0.3, -0.25) is 9.89 Å². The van der Waals surface area contributed by atoms with Crippen molar-refractivity contribution in [2.75, 3.05) is 19.8 Å². The van der Waals surface area contributed by atoms with Gasteiger partial charge in [-0.25, -0.2) is 0 Å². The summed E-state index contributed by atoms with van der Waals surface area (Å²) in [5.74, 6) is 1.28. The number of ether oxygens (including phenoxy) is 1. The fraction of sp³-hybridized carbons (Fsp3) is 0.769. The monoisotopic (exact) mass is 298 g/mol. The van der Waals surface area contributed by atoms with Crippen molar-refractivity contribution in [1.29, 1.82) is 0 Å². The highest BCUT2D eigenvalue weighted by molar-refractivity contribution is 7.71. The van der Waals surface area contributed by atoms with Gasteiger partial charge in [0, 0.05) is 25.6 Å². The number of rotatable bonds is 5. The summed E-state index contributed by atoms with van der Waals surface area (Å²) >= 11 is 5.21. The first-order valence-electron chi connectivity index (χ1n) is 7.10. The van der Waals surface area contributed by atoms with Gasteiger partial charge in [0.25, 0.3) is 0 Å². The molecule has 1 saturated heterocycles. The number of carbonyl (C=O) groups is 1. The molecule has 1 aliphatic rings. The van der Waals surface area contributed by atoms with Crippen LogP contribution in [0.1, 0.15) is 38.4 Å². The topological polar surface area (TPSA) is 71.9 Å². The lowest BCUT2D eigenvalue weighted by atomic mass is 10.0. The molecule has 0 radical (unpaired) electrons. The standard InChI is InChI=1S/C13H22N4O2S/c1-9(2)11-15-16-13(20)17(11)6-5-14-12(18)10-4-3-7-19-8-10/h9-10H,3-8H2,1-2H3,(H,14,18)(H,16,20). The summed E-state index contributed by atoms with van der Waals surface area (Å²) in [6.07, 6.45) is 1.87. The van der Waals surface area contributed by atoms with Crippen LogP contribution >= 0.6 is 12.2 Å². The molecule has 0 aromatic carbocycles. The van der Waals surface area contributed by atoms with Gasteiger partial charge >= 0.3 is 0 Å². The molecule has 2 heterocycles. The molecule has 1 aromatic rings. The Kier molecular flexibility index (Phi) is 5.31. The van der Waals surface area contributed by atoms with Crippen molar-refractivity contribution >= 4 is 18.1 Å². The van der Waals surface area contributed by atoms with E-state index < -0.39 is 0 Å². The summed E-state index contributed by atoms with van der Waals surface area (Å²) in [6.45, 7) is 6.64. The largest absolute Gasteiger partial charge is 0.381 e. The number of nitrogens with zero attached hydrogens (tertiary/aromatic N) is 2. The fourth-order valence-electron chi connectivity index (χ4n) is 2.37. The molecule has 2 N–H and O–H groups in total. The van der Waals surface area contributed by atoms with Gasteiger partial charge in [0.1, 0.15) is 5.82 Å². The third-order valence-corrected chi connectivity index (χ3v) is 3.78. The van der Waals surface area contributed by atoms with Crippen molar-refractivity contribution in [2.24, 2.45) is 5.92 Å². The molecular weight excluding hydrogens is 276 g/mol. The molecule has 20 heavy (non-hydrogen) atoms. The van der Waals surface area contributed by atoms with Gasteiger partial charge in [-0.2, -0.15) is 5.10 Å². The highest BCUT2D eigenvalue weighted by Crippen LogP contribution is 2.13. The first kappa shape index (κ1) is 15.2. The molecule has 1 aromatic heterocycles. The maximum Gasteiger partial charge on any atom is 0.225 e. The van der Waals surface area contributed by atoms with Crippen LogP contribution in [-0.2, 0) is 16.1 Å². The predicted molar refractivity (Wildman–Crippen MR) is 78.1 cm³/mol. The number of hydrogen-bond donors (Lipinski definition) is 2. The SMILES string of the molecule is CC(C)c1n[nH]c(=S)n1CCNC(=O)C1CCCOC1. The summed E-state index contributed by atoms with van der Waals surface area (Å²) in [5, 5.41) is 9.98. The zero-order chi connectivity index (χ0) is 14.5. The second-order valence-corrected chi connectivity index (χ2v) is 5.79. The Hall–Kier alpha value is -1.21. The first-order valence-corrected chi connectivity index (χ1v) is 7.51. The van der Waals surface area contributed by atoms with Gasteiger partial charge in [0.2, 0.25) is 5.91 Å². The van der Waals surface area contributed by atoms with E-state index in [0.717, 1.165) is 25.3 Å². The van der Waals surface area contributed by atoms with Crippen LogP contribution in [0.25, 0.3) is 0 Å². The lowest BCUT2D eigenvalue weighted by Crippen LogP contribution is -2.37. The van der Waals surface area contributed by atoms with Crippen LogP contribution in [0.15, 0.2) is 0 Å². The molecule has 0 spiro atoms. The van der Waals surface area contributed by atoms with E-state index >= 15 is 0 Å². The number of amides is 1. The van der Waals surface area contributed by atoms with E-state index in [0.29, 0.717) is 30.4 Å². The van der Waals surface area contributed by atoms with Crippen LogP contribution in [0.3, 0.4) is 0 Å². The van der Waals surface area contributed by atoms with Gasteiger partial charge in [-0.1, -0.05) is 13.8 Å². The molecular formula is C13H22N4O2S. The average Bonchev–Trinajstić information content (AvgIpc) is 2.81. The van der Waals surface area contributed by atoms with E-state index in [1.807, 2.05) is 4.57 Å². The number of nitrogens with one attached hydrogen (secondary N) is 2. The highest BCUT2D eigenvalue weighted by Gasteiger charge is 2.21. The van der Waals surface area contributed by atoms with Crippen molar-refractivity contribution in [2.45, 2.75) is 39.2 Å². The van der Waals surface area contributed by atoms with Crippen LogP contribution in [-0.4, -0.2) is 40.4 Å². The van der Waals surface area contributed by atoms with Crippen molar-refractivity contribution < 1.29 is 9.53 Å².